The van der Waals surface area contributed by atoms with Gasteiger partial charge in [-0.15, -0.1) is 0 Å². The Kier molecular flexibility index (Phi) is 2.83. The van der Waals surface area contributed by atoms with Crippen molar-refractivity contribution in [3.8, 4) is 5.69 Å². The summed E-state index contributed by atoms with van der Waals surface area (Å²) in [4.78, 5) is 11.3. The molecule has 2 aromatic rings. The van der Waals surface area contributed by atoms with Gasteiger partial charge in [0.15, 0.2) is 5.69 Å². The predicted molar refractivity (Wildman–Crippen MR) is 68.6 cm³/mol. The average Bonchev–Trinajstić information content (AvgIpc) is 2.78. The van der Waals surface area contributed by atoms with Crippen LogP contribution in [-0.2, 0) is 12.8 Å². The Labute approximate surface area is 110 Å². The van der Waals surface area contributed by atoms with Crippen LogP contribution in [0.3, 0.4) is 0 Å². The first-order chi connectivity index (χ1) is 9.16. The van der Waals surface area contributed by atoms with E-state index in [0.29, 0.717) is 24.8 Å². The standard InChI is InChI=1S/C14H14N2O3/c17-10-6-7-12-11(8-10)13(14(18)19)15-16(12)9-4-2-1-3-5-9/h1-5,10,17H,6-8H2,(H,18,19). The van der Waals surface area contributed by atoms with E-state index in [1.807, 2.05) is 30.3 Å². The number of aliphatic hydroxyl groups is 1. The molecule has 1 aliphatic carbocycles. The number of hydrogen-bond acceptors (Lipinski definition) is 3. The number of para-hydroxylation sites is 1. The van der Waals surface area contributed by atoms with Crippen LogP contribution < -0.4 is 0 Å². The molecular formula is C14H14N2O3. The third-order valence-corrected chi connectivity index (χ3v) is 3.45. The number of benzene rings is 1. The fraction of sp³-hybridized carbons (Fsp3) is 0.286. The molecule has 98 valence electrons. The number of carboxylic acid groups (broad SMARTS) is 1. The molecule has 3 rings (SSSR count). The highest BCUT2D eigenvalue weighted by Crippen LogP contribution is 2.27. The van der Waals surface area contributed by atoms with Gasteiger partial charge in [-0.3, -0.25) is 0 Å². The van der Waals surface area contributed by atoms with E-state index in [2.05, 4.69) is 5.10 Å². The maximum absolute atomic E-state index is 11.3. The molecule has 0 fully saturated rings. The first kappa shape index (κ1) is 11.9. The maximum Gasteiger partial charge on any atom is 0.356 e. The molecule has 0 spiro atoms. The van der Waals surface area contributed by atoms with Gasteiger partial charge >= 0.3 is 5.97 Å². The van der Waals surface area contributed by atoms with Crippen LogP contribution in [0.2, 0.25) is 0 Å². The lowest BCUT2D eigenvalue weighted by Gasteiger charge is -2.18. The lowest BCUT2D eigenvalue weighted by atomic mass is 9.93. The second kappa shape index (κ2) is 4.51. The van der Waals surface area contributed by atoms with Gasteiger partial charge in [0.25, 0.3) is 0 Å². The maximum atomic E-state index is 11.3. The van der Waals surface area contributed by atoms with Crippen LogP contribution in [0.4, 0.5) is 0 Å². The van der Waals surface area contributed by atoms with Gasteiger partial charge < -0.3 is 10.2 Å². The molecule has 0 aliphatic heterocycles. The summed E-state index contributed by atoms with van der Waals surface area (Å²) >= 11 is 0. The van der Waals surface area contributed by atoms with Crippen molar-refractivity contribution in [1.82, 2.24) is 9.78 Å². The molecule has 1 aromatic carbocycles. The van der Waals surface area contributed by atoms with Crippen LogP contribution in [-0.4, -0.2) is 32.1 Å². The molecule has 5 nitrogen and oxygen atoms in total. The molecule has 0 radical (unpaired) electrons. The van der Waals surface area contributed by atoms with Gasteiger partial charge in [-0.2, -0.15) is 5.10 Å². The average molecular weight is 258 g/mol. The molecule has 0 saturated carbocycles. The second-order valence-electron chi connectivity index (χ2n) is 4.72. The number of hydrogen-bond donors (Lipinski definition) is 2. The molecular weight excluding hydrogens is 244 g/mol. The Bertz CT molecular complexity index is 619. The fourth-order valence-electron chi connectivity index (χ4n) is 2.55. The summed E-state index contributed by atoms with van der Waals surface area (Å²) in [5, 5.41) is 23.1. The molecule has 0 bridgehead atoms. The Morgan fingerprint density at radius 1 is 1.32 bits per heavy atom. The van der Waals surface area contributed by atoms with Gasteiger partial charge in [-0.05, 0) is 25.0 Å². The monoisotopic (exact) mass is 258 g/mol. The molecule has 2 N–H and O–H groups in total. The summed E-state index contributed by atoms with van der Waals surface area (Å²) in [6.07, 6.45) is 1.18. The number of nitrogens with zero attached hydrogens (tertiary/aromatic N) is 2. The van der Waals surface area contributed by atoms with Crippen LogP contribution in [0.5, 0.6) is 0 Å². The summed E-state index contributed by atoms with van der Waals surface area (Å²) in [6.45, 7) is 0. The lowest BCUT2D eigenvalue weighted by molar-refractivity contribution is 0.0687. The zero-order valence-electron chi connectivity index (χ0n) is 10.3. The van der Waals surface area contributed by atoms with Crippen molar-refractivity contribution in [2.24, 2.45) is 0 Å². The van der Waals surface area contributed by atoms with E-state index in [1.165, 1.54) is 0 Å². The minimum atomic E-state index is -1.04. The number of fused-ring (bicyclic) bond motifs is 1. The quantitative estimate of drug-likeness (QED) is 0.854. The van der Waals surface area contributed by atoms with Gasteiger partial charge in [0.1, 0.15) is 0 Å². The highest BCUT2D eigenvalue weighted by atomic mass is 16.4. The van der Waals surface area contributed by atoms with Gasteiger partial charge in [0.2, 0.25) is 0 Å². The zero-order chi connectivity index (χ0) is 13.4. The van der Waals surface area contributed by atoms with E-state index in [9.17, 15) is 15.0 Å². The molecule has 1 aromatic heterocycles. The van der Waals surface area contributed by atoms with Crippen LogP contribution in [0, 0.1) is 0 Å². The van der Waals surface area contributed by atoms with E-state index in [1.54, 1.807) is 4.68 Å². The molecule has 0 amide bonds. The topological polar surface area (TPSA) is 75.3 Å². The molecule has 19 heavy (non-hydrogen) atoms. The lowest BCUT2D eigenvalue weighted by Crippen LogP contribution is -2.20. The first-order valence-corrected chi connectivity index (χ1v) is 6.24. The molecule has 0 saturated heterocycles. The summed E-state index contributed by atoms with van der Waals surface area (Å²) in [5.41, 5.74) is 2.46. The number of aromatic carboxylic acids is 1. The Morgan fingerprint density at radius 3 is 2.74 bits per heavy atom. The molecule has 1 aliphatic rings. The SMILES string of the molecule is O=C(O)c1nn(-c2ccccc2)c2c1CC(O)CC2. The van der Waals surface area contributed by atoms with Crippen LogP contribution in [0.1, 0.15) is 28.2 Å². The van der Waals surface area contributed by atoms with Gasteiger partial charge in [-0.25, -0.2) is 9.48 Å². The largest absolute Gasteiger partial charge is 0.476 e. The van der Waals surface area contributed by atoms with E-state index in [-0.39, 0.29) is 5.69 Å². The van der Waals surface area contributed by atoms with Crippen molar-refractivity contribution >= 4 is 5.97 Å². The van der Waals surface area contributed by atoms with Gasteiger partial charge in [0.05, 0.1) is 11.8 Å². The smallest absolute Gasteiger partial charge is 0.356 e. The van der Waals surface area contributed by atoms with Crippen molar-refractivity contribution in [2.45, 2.75) is 25.4 Å². The number of aliphatic hydroxyl groups excluding tert-OH is 1. The van der Waals surface area contributed by atoms with E-state index < -0.39 is 12.1 Å². The summed E-state index contributed by atoms with van der Waals surface area (Å²) in [6, 6.07) is 9.47. The normalized spacial score (nSPS) is 18.1. The summed E-state index contributed by atoms with van der Waals surface area (Å²) < 4.78 is 1.69. The molecule has 1 atom stereocenters. The number of carboxylic acids is 1. The van der Waals surface area contributed by atoms with E-state index >= 15 is 0 Å². The van der Waals surface area contributed by atoms with Crippen LogP contribution in [0.15, 0.2) is 30.3 Å². The predicted octanol–water partition coefficient (Wildman–Crippen LogP) is 1.42. The summed E-state index contributed by atoms with van der Waals surface area (Å²) in [7, 11) is 0. The summed E-state index contributed by atoms with van der Waals surface area (Å²) in [5.74, 6) is -1.04. The molecule has 1 unspecified atom stereocenters. The number of carbonyl (C=O) groups is 1. The minimum Gasteiger partial charge on any atom is -0.476 e. The van der Waals surface area contributed by atoms with Gasteiger partial charge in [0, 0.05) is 17.7 Å². The highest BCUT2D eigenvalue weighted by Gasteiger charge is 2.28. The van der Waals surface area contributed by atoms with Gasteiger partial charge in [-0.1, -0.05) is 18.2 Å². The van der Waals surface area contributed by atoms with E-state index in [0.717, 1.165) is 11.4 Å². The highest BCUT2D eigenvalue weighted by molar-refractivity contribution is 5.87. The first-order valence-electron chi connectivity index (χ1n) is 6.24. The molecule has 1 heterocycles. The number of aromatic nitrogens is 2. The Balaban J connectivity index is 2.17. The van der Waals surface area contributed by atoms with Crippen molar-refractivity contribution in [2.75, 3.05) is 0 Å². The zero-order valence-corrected chi connectivity index (χ0v) is 10.3. The van der Waals surface area contributed by atoms with Crippen molar-refractivity contribution in [1.29, 1.82) is 0 Å². The van der Waals surface area contributed by atoms with Crippen LogP contribution >= 0.6 is 0 Å². The Hall–Kier alpha value is -2.14. The Morgan fingerprint density at radius 2 is 2.05 bits per heavy atom. The van der Waals surface area contributed by atoms with E-state index in [4.69, 9.17) is 0 Å². The third-order valence-electron chi connectivity index (χ3n) is 3.45. The minimum absolute atomic E-state index is 0.0533. The fourth-order valence-corrected chi connectivity index (χ4v) is 2.55. The van der Waals surface area contributed by atoms with Crippen molar-refractivity contribution in [3.63, 3.8) is 0 Å². The van der Waals surface area contributed by atoms with Crippen molar-refractivity contribution in [3.05, 3.63) is 47.3 Å². The number of rotatable bonds is 2. The second-order valence-corrected chi connectivity index (χ2v) is 4.72. The third kappa shape index (κ3) is 2.02. The van der Waals surface area contributed by atoms with Crippen molar-refractivity contribution < 1.29 is 15.0 Å². The van der Waals surface area contributed by atoms with Crippen LogP contribution in [0.25, 0.3) is 5.69 Å². The molecule has 5 heteroatoms.